The smallest absolute Gasteiger partial charge is 0.418 e. The van der Waals surface area contributed by atoms with Crippen molar-refractivity contribution in [2.24, 2.45) is 0 Å². The normalized spacial score (nSPS) is 18.3. The molecule has 1 aliphatic rings. The summed E-state index contributed by atoms with van der Waals surface area (Å²) in [6.07, 6.45) is -5.15. The Morgan fingerprint density at radius 2 is 2.00 bits per heavy atom. The van der Waals surface area contributed by atoms with Crippen LogP contribution in [-0.4, -0.2) is 29.3 Å². The van der Waals surface area contributed by atoms with E-state index in [4.69, 9.17) is 10.5 Å². The van der Waals surface area contributed by atoms with Crippen LogP contribution in [0.25, 0.3) is 0 Å². The van der Waals surface area contributed by atoms with Crippen LogP contribution in [0.15, 0.2) is 18.2 Å². The number of carbonyl (C=O) groups is 1. The monoisotopic (exact) mass is 331 g/mol. The first kappa shape index (κ1) is 17.2. The molecular weight excluding hydrogens is 311 g/mol. The third-order valence-corrected chi connectivity index (χ3v) is 3.36. The molecule has 0 spiro atoms. The van der Waals surface area contributed by atoms with Crippen LogP contribution in [0.5, 0.6) is 0 Å². The maximum absolute atomic E-state index is 13.1. The fourth-order valence-electron chi connectivity index (χ4n) is 2.21. The summed E-state index contributed by atoms with van der Waals surface area (Å²) in [6, 6.07) is 3.58. The summed E-state index contributed by atoms with van der Waals surface area (Å²) < 4.78 is 44.5. The van der Waals surface area contributed by atoms with Gasteiger partial charge in [0.1, 0.15) is 11.8 Å². The second kappa shape index (κ2) is 5.82. The molecule has 1 aromatic carbocycles. The first-order valence-electron chi connectivity index (χ1n) is 7.21. The molecule has 1 atom stereocenters. The van der Waals surface area contributed by atoms with Gasteiger partial charge in [-0.05, 0) is 32.9 Å². The van der Waals surface area contributed by atoms with Crippen molar-refractivity contribution in [3.63, 3.8) is 0 Å². The quantitative estimate of drug-likeness (QED) is 0.812. The predicted molar refractivity (Wildman–Crippen MR) is 80.8 cm³/mol. The third-order valence-electron chi connectivity index (χ3n) is 3.36. The molecule has 5 nitrogen and oxygen atoms in total. The number of rotatable bonds is 2. The number of anilines is 2. The SMILES string of the molecule is CC(C)(C)OC(=O)N1CCC1Nc1c(N)cccc1C(F)(F)F. The molecule has 1 amide bonds. The second-order valence-corrected chi connectivity index (χ2v) is 6.39. The number of alkyl halides is 3. The van der Waals surface area contributed by atoms with Gasteiger partial charge in [-0.1, -0.05) is 6.07 Å². The van der Waals surface area contributed by atoms with Crippen molar-refractivity contribution >= 4 is 17.5 Å². The number of likely N-dealkylation sites (tertiary alicyclic amines) is 1. The van der Waals surface area contributed by atoms with E-state index >= 15 is 0 Å². The van der Waals surface area contributed by atoms with E-state index in [1.54, 1.807) is 20.8 Å². The van der Waals surface area contributed by atoms with E-state index in [0.717, 1.165) is 6.07 Å². The molecule has 128 valence electrons. The van der Waals surface area contributed by atoms with Gasteiger partial charge >= 0.3 is 12.3 Å². The summed E-state index contributed by atoms with van der Waals surface area (Å²) in [6.45, 7) is 5.60. The van der Waals surface area contributed by atoms with Crippen LogP contribution in [-0.2, 0) is 10.9 Å². The highest BCUT2D eigenvalue weighted by molar-refractivity contribution is 5.74. The molecular formula is C15H20F3N3O2. The number of nitrogens with two attached hydrogens (primary N) is 1. The van der Waals surface area contributed by atoms with Crippen LogP contribution < -0.4 is 11.1 Å². The molecule has 0 aliphatic carbocycles. The highest BCUT2D eigenvalue weighted by atomic mass is 19.4. The highest BCUT2D eigenvalue weighted by Crippen LogP contribution is 2.39. The number of nitrogens with one attached hydrogen (secondary N) is 1. The Labute approximate surface area is 132 Å². The van der Waals surface area contributed by atoms with Crippen molar-refractivity contribution in [2.75, 3.05) is 17.6 Å². The van der Waals surface area contributed by atoms with E-state index in [-0.39, 0.29) is 11.4 Å². The van der Waals surface area contributed by atoms with Gasteiger partial charge in [0.15, 0.2) is 0 Å². The average molecular weight is 331 g/mol. The van der Waals surface area contributed by atoms with E-state index in [9.17, 15) is 18.0 Å². The van der Waals surface area contributed by atoms with Gasteiger partial charge in [-0.2, -0.15) is 13.2 Å². The van der Waals surface area contributed by atoms with Gasteiger partial charge in [0.05, 0.1) is 16.9 Å². The van der Waals surface area contributed by atoms with Crippen LogP contribution in [0.1, 0.15) is 32.8 Å². The molecule has 0 saturated carbocycles. The summed E-state index contributed by atoms with van der Waals surface area (Å²) in [5.41, 5.74) is 3.92. The number of benzene rings is 1. The summed E-state index contributed by atoms with van der Waals surface area (Å²) >= 11 is 0. The summed E-state index contributed by atoms with van der Waals surface area (Å²) in [5, 5.41) is 2.72. The Morgan fingerprint density at radius 3 is 2.48 bits per heavy atom. The van der Waals surface area contributed by atoms with Crippen molar-refractivity contribution in [1.82, 2.24) is 4.90 Å². The lowest BCUT2D eigenvalue weighted by molar-refractivity contribution is -0.137. The fourth-order valence-corrected chi connectivity index (χ4v) is 2.21. The van der Waals surface area contributed by atoms with Crippen molar-refractivity contribution in [1.29, 1.82) is 0 Å². The molecule has 1 heterocycles. The number of hydrogen-bond donors (Lipinski definition) is 2. The van der Waals surface area contributed by atoms with Crippen molar-refractivity contribution in [2.45, 2.75) is 45.1 Å². The Bertz CT molecular complexity index is 597. The molecule has 3 N–H and O–H groups in total. The lowest BCUT2D eigenvalue weighted by Crippen LogP contribution is -2.56. The molecule has 1 unspecified atom stereocenters. The zero-order chi connectivity index (χ0) is 17.4. The number of halogens is 3. The average Bonchev–Trinajstić information content (AvgIpc) is 2.31. The third kappa shape index (κ3) is 4.00. The number of hydrogen-bond acceptors (Lipinski definition) is 4. The first-order chi connectivity index (χ1) is 10.5. The Kier molecular flexibility index (Phi) is 4.37. The molecule has 0 bridgehead atoms. The molecule has 0 radical (unpaired) electrons. The van der Waals surface area contributed by atoms with Gasteiger partial charge < -0.3 is 15.8 Å². The fraction of sp³-hybridized carbons (Fsp3) is 0.533. The lowest BCUT2D eigenvalue weighted by Gasteiger charge is -2.42. The second-order valence-electron chi connectivity index (χ2n) is 6.39. The summed E-state index contributed by atoms with van der Waals surface area (Å²) in [5.74, 6) is 0. The first-order valence-corrected chi connectivity index (χ1v) is 7.21. The molecule has 1 aromatic rings. The maximum Gasteiger partial charge on any atom is 0.418 e. The number of para-hydroxylation sites is 1. The zero-order valence-electron chi connectivity index (χ0n) is 13.2. The standard InChI is InChI=1S/C15H20F3N3O2/c1-14(2,3)23-13(22)21-8-7-11(21)20-12-9(15(16,17)18)5-4-6-10(12)19/h4-6,11,20H,7-8,19H2,1-3H3. The Balaban J connectivity index is 2.16. The molecule has 1 fully saturated rings. The molecule has 8 heteroatoms. The van der Waals surface area contributed by atoms with Gasteiger partial charge in [0.25, 0.3) is 0 Å². The van der Waals surface area contributed by atoms with Crippen LogP contribution in [0, 0.1) is 0 Å². The van der Waals surface area contributed by atoms with E-state index in [1.165, 1.54) is 17.0 Å². The maximum atomic E-state index is 13.1. The minimum absolute atomic E-state index is 0.0177. The molecule has 0 aromatic heterocycles. The number of amides is 1. The van der Waals surface area contributed by atoms with Gasteiger partial charge in [0, 0.05) is 13.0 Å². The van der Waals surface area contributed by atoms with Gasteiger partial charge in [-0.15, -0.1) is 0 Å². The van der Waals surface area contributed by atoms with Gasteiger partial charge in [-0.3, -0.25) is 4.90 Å². The number of carbonyl (C=O) groups excluding carboxylic acids is 1. The van der Waals surface area contributed by atoms with Gasteiger partial charge in [0.2, 0.25) is 0 Å². The number of nitrogens with zero attached hydrogens (tertiary/aromatic N) is 1. The zero-order valence-corrected chi connectivity index (χ0v) is 13.2. The summed E-state index contributed by atoms with van der Waals surface area (Å²) in [7, 11) is 0. The Morgan fingerprint density at radius 1 is 1.35 bits per heavy atom. The van der Waals surface area contributed by atoms with Crippen molar-refractivity contribution in [3.8, 4) is 0 Å². The number of nitrogen functional groups attached to an aromatic ring is 1. The van der Waals surface area contributed by atoms with Crippen molar-refractivity contribution in [3.05, 3.63) is 23.8 Å². The van der Waals surface area contributed by atoms with E-state index in [2.05, 4.69) is 5.32 Å². The van der Waals surface area contributed by atoms with E-state index in [0.29, 0.717) is 13.0 Å². The molecule has 1 saturated heterocycles. The van der Waals surface area contributed by atoms with Gasteiger partial charge in [-0.25, -0.2) is 4.79 Å². The largest absolute Gasteiger partial charge is 0.444 e. The minimum Gasteiger partial charge on any atom is -0.444 e. The molecule has 1 aliphatic heterocycles. The Hall–Kier alpha value is -2.12. The van der Waals surface area contributed by atoms with E-state index in [1.807, 2.05) is 0 Å². The molecule has 2 rings (SSSR count). The topological polar surface area (TPSA) is 67.6 Å². The predicted octanol–water partition coefficient (Wildman–Crippen LogP) is 3.67. The summed E-state index contributed by atoms with van der Waals surface area (Å²) in [4.78, 5) is 13.4. The van der Waals surface area contributed by atoms with Crippen molar-refractivity contribution < 1.29 is 22.7 Å². The molecule has 23 heavy (non-hydrogen) atoms. The number of ether oxygens (including phenoxy) is 1. The van der Waals surface area contributed by atoms with Crippen LogP contribution in [0.4, 0.5) is 29.3 Å². The van der Waals surface area contributed by atoms with Crippen LogP contribution in [0.2, 0.25) is 0 Å². The van der Waals surface area contributed by atoms with Crippen LogP contribution in [0.3, 0.4) is 0 Å². The van der Waals surface area contributed by atoms with E-state index < -0.39 is 29.6 Å². The van der Waals surface area contributed by atoms with Crippen LogP contribution >= 0.6 is 0 Å². The minimum atomic E-state index is -4.53. The lowest BCUT2D eigenvalue weighted by atomic mass is 10.1. The highest BCUT2D eigenvalue weighted by Gasteiger charge is 2.39.